The van der Waals surface area contributed by atoms with Crippen LogP contribution in [0.15, 0.2) is 66.7 Å². The molecular formula is C29H33Cl2N3O4S. The van der Waals surface area contributed by atoms with Gasteiger partial charge < -0.3 is 10.2 Å². The lowest BCUT2D eigenvalue weighted by molar-refractivity contribution is -0.140. The molecule has 0 aliphatic heterocycles. The van der Waals surface area contributed by atoms with E-state index in [0.717, 1.165) is 27.3 Å². The third-order valence-electron chi connectivity index (χ3n) is 6.48. The summed E-state index contributed by atoms with van der Waals surface area (Å²) < 4.78 is 27.0. The number of benzene rings is 3. The first-order valence-corrected chi connectivity index (χ1v) is 15.1. The summed E-state index contributed by atoms with van der Waals surface area (Å²) in [5.74, 6) is -0.869. The van der Waals surface area contributed by atoms with Gasteiger partial charge in [0.15, 0.2) is 0 Å². The van der Waals surface area contributed by atoms with E-state index in [1.54, 1.807) is 37.3 Å². The highest BCUT2D eigenvalue weighted by Gasteiger charge is 2.33. The van der Waals surface area contributed by atoms with Crippen molar-refractivity contribution in [2.45, 2.75) is 39.8 Å². The van der Waals surface area contributed by atoms with Crippen LogP contribution in [0.2, 0.25) is 10.0 Å². The van der Waals surface area contributed by atoms with Gasteiger partial charge in [0.1, 0.15) is 12.6 Å². The molecule has 0 heterocycles. The van der Waals surface area contributed by atoms with Gasteiger partial charge >= 0.3 is 0 Å². The molecule has 208 valence electrons. The quantitative estimate of drug-likeness (QED) is 0.335. The molecule has 39 heavy (non-hydrogen) atoms. The molecule has 0 fully saturated rings. The predicted molar refractivity (Wildman–Crippen MR) is 158 cm³/mol. The van der Waals surface area contributed by atoms with Gasteiger partial charge in [-0.2, -0.15) is 0 Å². The molecule has 0 aromatic heterocycles. The predicted octanol–water partition coefficient (Wildman–Crippen LogP) is 5.15. The van der Waals surface area contributed by atoms with E-state index in [-0.39, 0.29) is 18.9 Å². The molecule has 10 heteroatoms. The number of carbonyl (C=O) groups excluding carboxylic acids is 2. The Balaban J connectivity index is 2.08. The highest BCUT2D eigenvalue weighted by atomic mass is 35.5. The molecule has 1 atom stereocenters. The standard InChI is InChI=1S/C29H33Cl2N3O4S/c1-5-32-29(36)27(17-22-11-7-6-8-12-22)33(18-23-14-15-24(30)25(31)16-23)28(35)19-34(39(4,37)38)26-13-9-10-20(2)21(26)3/h6-16,27H,5,17-19H2,1-4H3,(H,32,36). The number of nitrogens with zero attached hydrogens (tertiary/aromatic N) is 2. The van der Waals surface area contributed by atoms with Crippen LogP contribution in [0, 0.1) is 13.8 Å². The zero-order valence-corrected chi connectivity index (χ0v) is 24.8. The maximum absolute atomic E-state index is 14.0. The molecule has 0 saturated heterocycles. The van der Waals surface area contributed by atoms with Gasteiger partial charge in [-0.15, -0.1) is 0 Å². The molecule has 0 radical (unpaired) electrons. The summed E-state index contributed by atoms with van der Waals surface area (Å²) in [5.41, 5.74) is 3.56. The van der Waals surface area contributed by atoms with E-state index >= 15 is 0 Å². The van der Waals surface area contributed by atoms with Crippen molar-refractivity contribution in [2.75, 3.05) is 23.7 Å². The Morgan fingerprint density at radius 1 is 0.923 bits per heavy atom. The number of likely N-dealkylation sites (N-methyl/N-ethyl adjacent to an activating group) is 1. The van der Waals surface area contributed by atoms with Crippen molar-refractivity contribution >= 4 is 50.7 Å². The average Bonchev–Trinajstić information content (AvgIpc) is 2.88. The Bertz CT molecular complexity index is 1430. The SMILES string of the molecule is CCNC(=O)C(Cc1ccccc1)N(Cc1ccc(Cl)c(Cl)c1)C(=O)CN(c1cccc(C)c1C)S(C)(=O)=O. The van der Waals surface area contributed by atoms with Gasteiger partial charge in [-0.25, -0.2) is 8.42 Å². The second-order valence-electron chi connectivity index (χ2n) is 9.36. The van der Waals surface area contributed by atoms with Crippen LogP contribution in [0.5, 0.6) is 0 Å². The number of halogens is 2. The summed E-state index contributed by atoms with van der Waals surface area (Å²) in [4.78, 5) is 28.8. The molecule has 1 unspecified atom stereocenters. The molecule has 0 bridgehead atoms. The molecule has 0 spiro atoms. The Kier molecular flexibility index (Phi) is 10.4. The summed E-state index contributed by atoms with van der Waals surface area (Å²) in [6.45, 7) is 5.41. The van der Waals surface area contributed by atoms with E-state index in [9.17, 15) is 18.0 Å². The second-order valence-corrected chi connectivity index (χ2v) is 12.1. The molecule has 3 aromatic carbocycles. The molecule has 1 N–H and O–H groups in total. The lowest BCUT2D eigenvalue weighted by Gasteiger charge is -2.34. The first-order valence-electron chi connectivity index (χ1n) is 12.5. The summed E-state index contributed by atoms with van der Waals surface area (Å²) in [7, 11) is -3.84. The second kappa shape index (κ2) is 13.3. The number of sulfonamides is 1. The summed E-state index contributed by atoms with van der Waals surface area (Å²) in [5, 5.41) is 3.50. The minimum absolute atomic E-state index is 0.0226. The van der Waals surface area contributed by atoms with Crippen molar-refractivity contribution in [3.63, 3.8) is 0 Å². The lowest BCUT2D eigenvalue weighted by Crippen LogP contribution is -2.53. The number of hydrogen-bond acceptors (Lipinski definition) is 4. The fourth-order valence-corrected chi connectivity index (χ4v) is 5.50. The molecule has 3 rings (SSSR count). The van der Waals surface area contributed by atoms with Crippen molar-refractivity contribution in [2.24, 2.45) is 0 Å². The normalized spacial score (nSPS) is 12.1. The summed E-state index contributed by atoms with van der Waals surface area (Å²) >= 11 is 12.4. The minimum Gasteiger partial charge on any atom is -0.355 e. The van der Waals surface area contributed by atoms with Crippen molar-refractivity contribution < 1.29 is 18.0 Å². The summed E-state index contributed by atoms with van der Waals surface area (Å²) in [6, 6.07) is 18.7. The average molecular weight is 591 g/mol. The largest absolute Gasteiger partial charge is 0.355 e. The minimum atomic E-state index is -3.84. The smallest absolute Gasteiger partial charge is 0.244 e. The van der Waals surface area contributed by atoms with E-state index in [0.29, 0.717) is 27.8 Å². The van der Waals surface area contributed by atoms with Crippen LogP contribution in [0.1, 0.15) is 29.2 Å². The van der Waals surface area contributed by atoms with E-state index in [2.05, 4.69) is 5.32 Å². The monoisotopic (exact) mass is 589 g/mol. The number of amides is 2. The Labute approximate surface area is 240 Å². The fourth-order valence-electron chi connectivity index (χ4n) is 4.28. The Hall–Kier alpha value is -3.07. The van der Waals surface area contributed by atoms with Crippen LogP contribution in [0.25, 0.3) is 0 Å². The van der Waals surface area contributed by atoms with Crippen molar-refractivity contribution in [3.8, 4) is 0 Å². The molecule has 7 nitrogen and oxygen atoms in total. The Morgan fingerprint density at radius 2 is 1.62 bits per heavy atom. The highest BCUT2D eigenvalue weighted by molar-refractivity contribution is 7.92. The maximum Gasteiger partial charge on any atom is 0.244 e. The third kappa shape index (κ3) is 7.97. The van der Waals surface area contributed by atoms with E-state index in [4.69, 9.17) is 23.2 Å². The van der Waals surface area contributed by atoms with E-state index < -0.39 is 28.5 Å². The Morgan fingerprint density at radius 3 is 2.23 bits per heavy atom. The van der Waals surface area contributed by atoms with Crippen molar-refractivity contribution in [1.29, 1.82) is 0 Å². The number of carbonyl (C=O) groups is 2. The fraction of sp³-hybridized carbons (Fsp3) is 0.310. The van der Waals surface area contributed by atoms with Gasteiger partial charge in [-0.1, -0.05) is 71.7 Å². The molecular weight excluding hydrogens is 557 g/mol. The molecule has 0 aliphatic carbocycles. The van der Waals surface area contributed by atoms with Gasteiger partial charge in [-0.05, 0) is 61.2 Å². The molecule has 2 amide bonds. The van der Waals surface area contributed by atoms with Crippen LogP contribution >= 0.6 is 23.2 Å². The number of anilines is 1. The zero-order chi connectivity index (χ0) is 28.7. The van der Waals surface area contributed by atoms with Crippen LogP contribution in [0.3, 0.4) is 0 Å². The van der Waals surface area contributed by atoms with Crippen LogP contribution in [0.4, 0.5) is 5.69 Å². The number of aryl methyl sites for hydroxylation is 1. The molecule has 0 aliphatic rings. The van der Waals surface area contributed by atoms with Crippen LogP contribution in [-0.4, -0.2) is 50.5 Å². The number of hydrogen-bond donors (Lipinski definition) is 1. The van der Waals surface area contributed by atoms with E-state index in [1.807, 2.05) is 50.2 Å². The third-order valence-corrected chi connectivity index (χ3v) is 8.35. The number of nitrogens with one attached hydrogen (secondary N) is 1. The highest BCUT2D eigenvalue weighted by Crippen LogP contribution is 2.27. The van der Waals surface area contributed by atoms with Gasteiger partial charge in [0, 0.05) is 19.5 Å². The topological polar surface area (TPSA) is 86.8 Å². The first-order chi connectivity index (χ1) is 18.4. The van der Waals surface area contributed by atoms with Gasteiger partial charge in [0.2, 0.25) is 21.8 Å². The van der Waals surface area contributed by atoms with Crippen molar-refractivity contribution in [3.05, 3.63) is 99.0 Å². The maximum atomic E-state index is 14.0. The van der Waals surface area contributed by atoms with Crippen LogP contribution < -0.4 is 9.62 Å². The van der Waals surface area contributed by atoms with Gasteiger partial charge in [0.05, 0.1) is 22.0 Å². The van der Waals surface area contributed by atoms with E-state index in [1.165, 1.54) is 4.90 Å². The summed E-state index contributed by atoms with van der Waals surface area (Å²) in [6.07, 6.45) is 1.30. The van der Waals surface area contributed by atoms with Gasteiger partial charge in [0.25, 0.3) is 0 Å². The van der Waals surface area contributed by atoms with Gasteiger partial charge in [-0.3, -0.25) is 13.9 Å². The van der Waals surface area contributed by atoms with Crippen LogP contribution in [-0.2, 0) is 32.6 Å². The molecule has 0 saturated carbocycles. The lowest BCUT2D eigenvalue weighted by atomic mass is 10.0. The molecule has 3 aromatic rings. The first kappa shape index (κ1) is 30.5. The zero-order valence-electron chi connectivity index (χ0n) is 22.4. The van der Waals surface area contributed by atoms with Crippen molar-refractivity contribution in [1.82, 2.24) is 10.2 Å². The number of rotatable bonds is 11.